The molecule has 308 valence electrons. The fourth-order valence-electron chi connectivity index (χ4n) is 10.4. The van der Waals surface area contributed by atoms with E-state index in [4.69, 9.17) is 0 Å². The maximum atomic E-state index is 2.54. The van der Waals surface area contributed by atoms with E-state index < -0.39 is 8.07 Å². The van der Waals surface area contributed by atoms with Gasteiger partial charge in [-0.3, -0.25) is 0 Å². The van der Waals surface area contributed by atoms with Crippen LogP contribution < -0.4 is 20.2 Å². The summed E-state index contributed by atoms with van der Waals surface area (Å²) < 4.78 is 0. The van der Waals surface area contributed by atoms with Crippen LogP contribution in [0.15, 0.2) is 243 Å². The number of fused-ring (bicyclic) bond motifs is 6. The summed E-state index contributed by atoms with van der Waals surface area (Å²) in [6.45, 7) is 5.09. The van der Waals surface area contributed by atoms with Crippen LogP contribution in [0.1, 0.15) is 0 Å². The quantitative estimate of drug-likeness (QED) is 0.111. The number of para-hydroxylation sites is 2. The number of rotatable bonds is 8. The number of hydrogen-bond donors (Lipinski definition) is 0. The van der Waals surface area contributed by atoms with Gasteiger partial charge in [0.2, 0.25) is 0 Å². The molecule has 65 heavy (non-hydrogen) atoms. The Balaban J connectivity index is 1.04. The molecule has 0 amide bonds. The summed E-state index contributed by atoms with van der Waals surface area (Å²) in [5, 5.41) is 10.7. The third kappa shape index (κ3) is 6.55. The highest BCUT2D eigenvalue weighted by Crippen LogP contribution is 2.47. The minimum Gasteiger partial charge on any atom is -0.311 e. The summed E-state index contributed by atoms with van der Waals surface area (Å²) in [6, 6.07) is 89.3. The van der Waals surface area contributed by atoms with E-state index in [-0.39, 0.29) is 0 Å². The van der Waals surface area contributed by atoms with Crippen LogP contribution in [0.2, 0.25) is 13.1 Å². The van der Waals surface area contributed by atoms with E-state index in [2.05, 4.69) is 266 Å². The second kappa shape index (κ2) is 15.7. The molecule has 0 bridgehead atoms. The Morgan fingerprint density at radius 3 is 1.32 bits per heavy atom. The molecule has 1 aliphatic rings. The monoisotopic (exact) mass is 846 g/mol. The molecule has 1 aliphatic heterocycles. The average Bonchev–Trinajstić information content (AvgIpc) is 3.37. The standard InChI is InChI=1S/C62H46N2Si/c1-65(2)60-29-17-28-55-57-42-59(64(48-24-13-6-14-25-48)50-36-32-46(33-37-50)44-20-9-4-10-21-44)53-27-16-15-26-52(53)56(57)41-58(62(55)60)54-39-38-51(40-61(54)65)63(47-22-11-5-12-23-47)49-34-30-45(31-35-49)43-18-7-3-8-19-43/h3-42H,1-2H3. The topological polar surface area (TPSA) is 6.48 Å². The van der Waals surface area contributed by atoms with Gasteiger partial charge in [0.15, 0.2) is 0 Å². The van der Waals surface area contributed by atoms with Crippen LogP contribution in [-0.2, 0) is 0 Å². The molecular formula is C62H46N2Si. The van der Waals surface area contributed by atoms with Gasteiger partial charge in [0.1, 0.15) is 8.07 Å². The molecule has 12 rings (SSSR count). The van der Waals surface area contributed by atoms with Crippen LogP contribution >= 0.6 is 0 Å². The zero-order valence-electron chi connectivity index (χ0n) is 36.5. The van der Waals surface area contributed by atoms with E-state index in [9.17, 15) is 0 Å². The molecule has 0 spiro atoms. The Morgan fingerprint density at radius 2 is 0.723 bits per heavy atom. The van der Waals surface area contributed by atoms with Gasteiger partial charge in [-0.2, -0.15) is 0 Å². The van der Waals surface area contributed by atoms with E-state index >= 15 is 0 Å². The van der Waals surface area contributed by atoms with Crippen molar-refractivity contribution in [1.29, 1.82) is 0 Å². The normalized spacial score (nSPS) is 12.6. The minimum atomic E-state index is -2.25. The zero-order chi connectivity index (χ0) is 43.5. The molecule has 0 aliphatic carbocycles. The summed E-state index contributed by atoms with van der Waals surface area (Å²) in [7, 11) is -2.25. The van der Waals surface area contributed by atoms with Crippen molar-refractivity contribution in [2.45, 2.75) is 13.1 Å². The zero-order valence-corrected chi connectivity index (χ0v) is 37.5. The summed E-state index contributed by atoms with van der Waals surface area (Å²) in [6.07, 6.45) is 0. The van der Waals surface area contributed by atoms with Gasteiger partial charge in [-0.15, -0.1) is 0 Å². The SMILES string of the molecule is C[Si]1(C)c2cc(N(c3ccccc3)c3ccc(-c4ccccc4)cc3)ccc2-c2cc3c4ccccc4c(N(c4ccccc4)c4ccc(-c5ccccc5)cc4)cc3c3cccc1c23. The highest BCUT2D eigenvalue weighted by Gasteiger charge is 2.37. The largest absolute Gasteiger partial charge is 0.311 e. The minimum absolute atomic E-state index is 1.12. The van der Waals surface area contributed by atoms with Crippen molar-refractivity contribution < 1.29 is 0 Å². The molecular weight excluding hydrogens is 801 g/mol. The van der Waals surface area contributed by atoms with Gasteiger partial charge in [0.05, 0.1) is 5.69 Å². The van der Waals surface area contributed by atoms with Crippen LogP contribution in [0.3, 0.4) is 0 Å². The molecule has 0 fully saturated rings. The van der Waals surface area contributed by atoms with Crippen molar-refractivity contribution in [3.8, 4) is 33.4 Å². The molecule has 0 atom stereocenters. The van der Waals surface area contributed by atoms with Crippen LogP contribution in [0.5, 0.6) is 0 Å². The van der Waals surface area contributed by atoms with E-state index in [1.54, 1.807) is 0 Å². The number of hydrogen-bond acceptors (Lipinski definition) is 2. The van der Waals surface area contributed by atoms with E-state index in [1.807, 2.05) is 0 Å². The van der Waals surface area contributed by atoms with Gasteiger partial charge < -0.3 is 9.80 Å². The maximum Gasteiger partial charge on any atom is 0.113 e. The third-order valence-electron chi connectivity index (χ3n) is 13.6. The first-order chi connectivity index (χ1) is 32.0. The molecule has 0 aromatic heterocycles. The van der Waals surface area contributed by atoms with Crippen LogP contribution in [0, 0.1) is 0 Å². The van der Waals surface area contributed by atoms with Gasteiger partial charge in [0.25, 0.3) is 0 Å². The highest BCUT2D eigenvalue weighted by atomic mass is 28.3. The average molecular weight is 847 g/mol. The predicted molar refractivity (Wildman–Crippen MR) is 281 cm³/mol. The Hall–Kier alpha value is -7.98. The Bertz CT molecular complexity index is 3530. The second-order valence-corrected chi connectivity index (χ2v) is 22.0. The number of nitrogens with zero attached hydrogens (tertiary/aromatic N) is 2. The number of anilines is 6. The first-order valence-corrected chi connectivity index (χ1v) is 25.6. The molecule has 0 N–H and O–H groups in total. The van der Waals surface area contributed by atoms with E-state index in [0.717, 1.165) is 22.7 Å². The van der Waals surface area contributed by atoms with E-state index in [0.29, 0.717) is 0 Å². The Labute approximate surface area is 382 Å². The Morgan fingerprint density at radius 1 is 0.277 bits per heavy atom. The summed E-state index contributed by atoms with van der Waals surface area (Å²) >= 11 is 0. The van der Waals surface area contributed by atoms with Crippen LogP contribution in [0.25, 0.3) is 65.7 Å². The van der Waals surface area contributed by atoms with Crippen molar-refractivity contribution in [2.75, 3.05) is 9.80 Å². The van der Waals surface area contributed by atoms with Crippen LogP contribution in [-0.4, -0.2) is 8.07 Å². The third-order valence-corrected chi connectivity index (χ3v) is 17.1. The molecule has 0 saturated carbocycles. The van der Waals surface area contributed by atoms with Crippen molar-refractivity contribution in [1.82, 2.24) is 0 Å². The van der Waals surface area contributed by atoms with E-state index in [1.165, 1.54) is 87.4 Å². The molecule has 2 nitrogen and oxygen atoms in total. The van der Waals surface area contributed by atoms with Crippen molar-refractivity contribution in [3.63, 3.8) is 0 Å². The lowest BCUT2D eigenvalue weighted by atomic mass is 9.89. The lowest BCUT2D eigenvalue weighted by molar-refractivity contribution is 1.29. The highest BCUT2D eigenvalue weighted by molar-refractivity contribution is 7.03. The lowest BCUT2D eigenvalue weighted by Gasteiger charge is -2.36. The molecule has 0 saturated heterocycles. The van der Waals surface area contributed by atoms with Crippen molar-refractivity contribution in [2.24, 2.45) is 0 Å². The maximum absolute atomic E-state index is 2.54. The predicted octanol–water partition coefficient (Wildman–Crippen LogP) is 16.2. The van der Waals surface area contributed by atoms with Crippen LogP contribution in [0.4, 0.5) is 34.1 Å². The molecule has 1 heterocycles. The molecule has 0 unspecified atom stereocenters. The molecule has 11 aromatic carbocycles. The van der Waals surface area contributed by atoms with Gasteiger partial charge in [-0.25, -0.2) is 0 Å². The smallest absolute Gasteiger partial charge is 0.113 e. The summed E-state index contributed by atoms with van der Waals surface area (Å²) in [4.78, 5) is 4.86. The van der Waals surface area contributed by atoms with Gasteiger partial charge in [0, 0.05) is 33.8 Å². The first kappa shape index (κ1) is 38.7. The Kier molecular flexibility index (Phi) is 9.32. The summed E-state index contributed by atoms with van der Waals surface area (Å²) in [5.41, 5.74) is 14.4. The molecule has 11 aromatic rings. The fourth-order valence-corrected chi connectivity index (χ4v) is 13.5. The van der Waals surface area contributed by atoms with Gasteiger partial charge >= 0.3 is 0 Å². The van der Waals surface area contributed by atoms with Crippen molar-refractivity contribution in [3.05, 3.63) is 243 Å². The van der Waals surface area contributed by atoms with Gasteiger partial charge in [-0.1, -0.05) is 183 Å². The molecule has 3 heteroatoms. The molecule has 0 radical (unpaired) electrons. The fraction of sp³-hybridized carbons (Fsp3) is 0.0323. The second-order valence-electron chi connectivity index (χ2n) is 17.7. The lowest BCUT2D eigenvalue weighted by Crippen LogP contribution is -2.56. The van der Waals surface area contributed by atoms with Crippen molar-refractivity contribution >= 4 is 84.9 Å². The van der Waals surface area contributed by atoms with Gasteiger partial charge in [-0.05, 0) is 143 Å². The number of benzene rings is 11. The first-order valence-electron chi connectivity index (χ1n) is 22.6. The summed E-state index contributed by atoms with van der Waals surface area (Å²) in [5.74, 6) is 0.